The fourth-order valence-electron chi connectivity index (χ4n) is 2.62. The Morgan fingerprint density at radius 2 is 1.79 bits per heavy atom. The summed E-state index contributed by atoms with van der Waals surface area (Å²) in [6, 6.07) is 16.8. The molecule has 0 N–H and O–H groups in total. The number of rotatable bonds is 2. The zero-order valence-electron chi connectivity index (χ0n) is 12.3. The van der Waals surface area contributed by atoms with Gasteiger partial charge in [-0.2, -0.15) is 0 Å². The van der Waals surface area contributed by atoms with E-state index >= 15 is 0 Å². The first kappa shape index (κ1) is 14.1. The van der Waals surface area contributed by atoms with Crippen molar-refractivity contribution >= 4 is 27.6 Å². The van der Waals surface area contributed by atoms with Crippen molar-refractivity contribution in [3.63, 3.8) is 0 Å². The summed E-state index contributed by atoms with van der Waals surface area (Å²) in [5.41, 5.74) is 1.21. The summed E-state index contributed by atoms with van der Waals surface area (Å²) >= 11 is 0. The van der Waals surface area contributed by atoms with Crippen LogP contribution in [0.4, 0.5) is 5.69 Å². The van der Waals surface area contributed by atoms with Gasteiger partial charge in [-0.25, -0.2) is 9.78 Å². The Morgan fingerprint density at radius 3 is 2.62 bits per heavy atom. The number of pyridine rings is 1. The van der Waals surface area contributed by atoms with E-state index in [9.17, 15) is 14.9 Å². The number of hydrogen-bond acceptors (Lipinski definition) is 5. The molecule has 4 aromatic rings. The van der Waals surface area contributed by atoms with E-state index in [-0.39, 0.29) is 11.3 Å². The largest absolute Gasteiger partial charge is 0.422 e. The lowest BCUT2D eigenvalue weighted by Gasteiger charge is -2.04. The van der Waals surface area contributed by atoms with Gasteiger partial charge >= 0.3 is 5.63 Å². The molecule has 24 heavy (non-hydrogen) atoms. The van der Waals surface area contributed by atoms with Crippen molar-refractivity contribution < 1.29 is 9.34 Å². The highest BCUT2D eigenvalue weighted by atomic mass is 16.6. The maximum atomic E-state index is 12.2. The Bertz CT molecular complexity index is 1160. The third-order valence-corrected chi connectivity index (χ3v) is 3.80. The highest BCUT2D eigenvalue weighted by Gasteiger charge is 2.13. The molecule has 0 radical (unpaired) electrons. The summed E-state index contributed by atoms with van der Waals surface area (Å²) in [5, 5.41) is 12.4. The second-order valence-corrected chi connectivity index (χ2v) is 5.32. The third-order valence-electron chi connectivity index (χ3n) is 3.80. The molecular weight excluding hydrogens is 308 g/mol. The third kappa shape index (κ3) is 2.30. The predicted molar refractivity (Wildman–Crippen MR) is 89.9 cm³/mol. The summed E-state index contributed by atoms with van der Waals surface area (Å²) in [4.78, 5) is 27.2. The molecule has 6 heteroatoms. The quantitative estimate of drug-likeness (QED) is 0.318. The first-order valence-electron chi connectivity index (χ1n) is 7.20. The van der Waals surface area contributed by atoms with Crippen LogP contribution in [0.2, 0.25) is 0 Å². The highest BCUT2D eigenvalue weighted by Crippen LogP contribution is 2.24. The summed E-state index contributed by atoms with van der Waals surface area (Å²) < 4.78 is 5.28. The fraction of sp³-hybridized carbons (Fsp3) is 0. The molecule has 0 amide bonds. The van der Waals surface area contributed by atoms with E-state index in [1.807, 2.05) is 30.3 Å². The van der Waals surface area contributed by atoms with E-state index in [0.29, 0.717) is 16.7 Å². The second-order valence-electron chi connectivity index (χ2n) is 5.32. The van der Waals surface area contributed by atoms with Gasteiger partial charge in [0.2, 0.25) is 0 Å². The van der Waals surface area contributed by atoms with Gasteiger partial charge in [-0.1, -0.05) is 24.3 Å². The Balaban J connectivity index is 1.95. The molecule has 0 aliphatic carbocycles. The van der Waals surface area contributed by atoms with Gasteiger partial charge < -0.3 is 4.42 Å². The molecule has 0 saturated carbocycles. The molecule has 0 spiro atoms. The highest BCUT2D eigenvalue weighted by molar-refractivity contribution is 5.85. The Morgan fingerprint density at radius 1 is 0.958 bits per heavy atom. The van der Waals surface area contributed by atoms with Crippen LogP contribution in [0, 0.1) is 10.1 Å². The van der Waals surface area contributed by atoms with E-state index in [4.69, 9.17) is 4.42 Å². The zero-order chi connectivity index (χ0) is 16.7. The number of fused-ring (bicyclic) bond motifs is 2. The maximum absolute atomic E-state index is 12.2. The van der Waals surface area contributed by atoms with Crippen LogP contribution in [0.15, 0.2) is 69.9 Å². The number of non-ortho nitro benzene ring substituents is 1. The lowest BCUT2D eigenvalue weighted by Crippen LogP contribution is -2.04. The molecule has 0 saturated heterocycles. The van der Waals surface area contributed by atoms with Gasteiger partial charge in [-0.05, 0) is 24.3 Å². The normalized spacial score (nSPS) is 11.0. The number of para-hydroxylation sites is 1. The minimum absolute atomic E-state index is 0.0613. The summed E-state index contributed by atoms with van der Waals surface area (Å²) in [5.74, 6) is 0. The lowest BCUT2D eigenvalue weighted by molar-refractivity contribution is -0.384. The van der Waals surface area contributed by atoms with Crippen LogP contribution in [0.5, 0.6) is 0 Å². The molecular formula is C18H10N2O4. The van der Waals surface area contributed by atoms with Crippen molar-refractivity contribution in [2.24, 2.45) is 0 Å². The van der Waals surface area contributed by atoms with Crippen LogP contribution < -0.4 is 5.63 Å². The smallest absolute Gasteiger partial charge is 0.345 e. The van der Waals surface area contributed by atoms with Crippen LogP contribution >= 0.6 is 0 Å². The first-order chi connectivity index (χ1) is 11.6. The minimum atomic E-state index is -0.529. The molecule has 0 unspecified atom stereocenters. The van der Waals surface area contributed by atoms with Crippen LogP contribution in [-0.4, -0.2) is 9.91 Å². The molecule has 116 valence electrons. The average Bonchev–Trinajstić information content (AvgIpc) is 2.60. The van der Waals surface area contributed by atoms with Gasteiger partial charge in [-0.15, -0.1) is 0 Å². The Hall–Kier alpha value is -3.54. The van der Waals surface area contributed by atoms with Crippen molar-refractivity contribution in [2.45, 2.75) is 0 Å². The van der Waals surface area contributed by atoms with E-state index in [1.54, 1.807) is 12.1 Å². The molecule has 2 aromatic heterocycles. The summed E-state index contributed by atoms with van der Waals surface area (Å²) in [6.07, 6.45) is 0. The molecule has 0 atom stereocenters. The topological polar surface area (TPSA) is 86.2 Å². The van der Waals surface area contributed by atoms with Crippen LogP contribution in [-0.2, 0) is 0 Å². The second kappa shape index (κ2) is 5.27. The molecule has 2 heterocycles. The van der Waals surface area contributed by atoms with E-state index in [1.165, 1.54) is 18.2 Å². The van der Waals surface area contributed by atoms with Crippen molar-refractivity contribution in [2.75, 3.05) is 0 Å². The standard InChI is InChI=1S/C18H10N2O4/c21-18-14(16-7-5-11-3-1-2-4-15(11)19-16)10-12-9-13(20(22)23)6-8-17(12)24-18/h1-10H. The number of nitro groups is 1. The fourth-order valence-corrected chi connectivity index (χ4v) is 2.62. The summed E-state index contributed by atoms with van der Waals surface area (Å²) in [7, 11) is 0. The molecule has 0 aliphatic rings. The SMILES string of the molecule is O=c1oc2ccc([N+](=O)[O-])cc2cc1-c1ccc2ccccc2n1. The monoisotopic (exact) mass is 318 g/mol. The molecule has 0 bridgehead atoms. The van der Waals surface area contributed by atoms with E-state index < -0.39 is 10.5 Å². The molecule has 2 aromatic carbocycles. The van der Waals surface area contributed by atoms with E-state index in [0.717, 1.165) is 10.9 Å². The minimum Gasteiger partial charge on any atom is -0.422 e. The number of aromatic nitrogens is 1. The van der Waals surface area contributed by atoms with Crippen molar-refractivity contribution in [3.8, 4) is 11.3 Å². The Labute approximate surface area is 135 Å². The van der Waals surface area contributed by atoms with Crippen LogP contribution in [0.1, 0.15) is 0 Å². The molecule has 0 fully saturated rings. The predicted octanol–water partition coefficient (Wildman–Crippen LogP) is 3.92. The van der Waals surface area contributed by atoms with Crippen LogP contribution in [0.25, 0.3) is 33.1 Å². The number of nitrogens with zero attached hydrogens (tertiary/aromatic N) is 2. The van der Waals surface area contributed by atoms with Gasteiger partial charge in [0.1, 0.15) is 5.58 Å². The molecule has 6 nitrogen and oxygen atoms in total. The van der Waals surface area contributed by atoms with Gasteiger partial charge in [0.25, 0.3) is 5.69 Å². The first-order valence-corrected chi connectivity index (χ1v) is 7.20. The van der Waals surface area contributed by atoms with Crippen molar-refractivity contribution in [1.29, 1.82) is 0 Å². The lowest BCUT2D eigenvalue weighted by atomic mass is 10.1. The van der Waals surface area contributed by atoms with Gasteiger partial charge in [0.15, 0.2) is 0 Å². The number of hydrogen-bond donors (Lipinski definition) is 0. The maximum Gasteiger partial charge on any atom is 0.345 e. The number of benzene rings is 2. The number of nitro benzene ring substituents is 1. The molecule has 0 aliphatic heterocycles. The van der Waals surface area contributed by atoms with Gasteiger partial charge in [0, 0.05) is 22.9 Å². The van der Waals surface area contributed by atoms with Crippen molar-refractivity contribution in [1.82, 2.24) is 4.98 Å². The zero-order valence-corrected chi connectivity index (χ0v) is 12.3. The Kier molecular flexibility index (Phi) is 3.09. The van der Waals surface area contributed by atoms with Crippen LogP contribution in [0.3, 0.4) is 0 Å². The average molecular weight is 318 g/mol. The summed E-state index contributed by atoms with van der Waals surface area (Å²) in [6.45, 7) is 0. The van der Waals surface area contributed by atoms with Gasteiger partial charge in [0.05, 0.1) is 21.7 Å². The molecule has 4 rings (SSSR count). The van der Waals surface area contributed by atoms with Gasteiger partial charge in [-0.3, -0.25) is 10.1 Å². The van der Waals surface area contributed by atoms with E-state index in [2.05, 4.69) is 4.98 Å². The van der Waals surface area contributed by atoms with Crippen molar-refractivity contribution in [3.05, 3.63) is 81.2 Å².